The first-order chi connectivity index (χ1) is 12.5. The molecule has 0 aromatic heterocycles. The monoisotopic (exact) mass is 361 g/mol. The average Bonchev–Trinajstić information content (AvgIpc) is 2.67. The molecule has 2 rings (SSSR count). The number of carboxylic acid groups (broad SMARTS) is 1. The van der Waals surface area contributed by atoms with Crippen LogP contribution in [0, 0.1) is 5.92 Å². The molecule has 1 saturated heterocycles. The molecule has 26 heavy (non-hydrogen) atoms. The van der Waals surface area contributed by atoms with Gasteiger partial charge in [0.1, 0.15) is 0 Å². The first kappa shape index (κ1) is 19.8. The summed E-state index contributed by atoms with van der Waals surface area (Å²) < 4.78 is 0. The van der Waals surface area contributed by atoms with Crippen molar-refractivity contribution in [2.45, 2.75) is 33.2 Å². The van der Waals surface area contributed by atoms with Gasteiger partial charge < -0.3 is 20.2 Å². The van der Waals surface area contributed by atoms with E-state index in [0.29, 0.717) is 44.6 Å². The molecule has 0 saturated carbocycles. The minimum Gasteiger partial charge on any atom is -0.481 e. The van der Waals surface area contributed by atoms with Gasteiger partial charge in [-0.3, -0.25) is 9.59 Å². The molecule has 1 aromatic carbocycles. The van der Waals surface area contributed by atoms with Crippen molar-refractivity contribution in [3.63, 3.8) is 0 Å². The van der Waals surface area contributed by atoms with E-state index >= 15 is 0 Å². The number of likely N-dealkylation sites (tertiary alicyclic amines) is 1. The molecule has 2 N–H and O–H groups in total. The largest absolute Gasteiger partial charge is 0.481 e. The maximum Gasteiger partial charge on any atom is 0.317 e. The van der Waals surface area contributed by atoms with Gasteiger partial charge >= 0.3 is 12.0 Å². The lowest BCUT2D eigenvalue weighted by atomic mass is 9.99. The van der Waals surface area contributed by atoms with Gasteiger partial charge in [-0.1, -0.05) is 12.1 Å². The maximum atomic E-state index is 12.3. The predicted molar refractivity (Wildman–Crippen MR) is 97.9 cm³/mol. The van der Waals surface area contributed by atoms with Crippen molar-refractivity contribution in [3.05, 3.63) is 35.4 Å². The SMILES string of the molecule is CCN(CC)C(=O)c1ccc(CNC(=O)N2CCC[C@H](C(=O)O)C2)cc1. The number of carbonyl (C=O) groups is 3. The number of urea groups is 1. The Balaban J connectivity index is 1.88. The fraction of sp³-hybridized carbons (Fsp3) is 0.526. The summed E-state index contributed by atoms with van der Waals surface area (Å²) in [6, 6.07) is 6.94. The van der Waals surface area contributed by atoms with Crippen LogP contribution in [0.4, 0.5) is 4.79 Å². The molecule has 142 valence electrons. The lowest BCUT2D eigenvalue weighted by Gasteiger charge is -2.30. The lowest BCUT2D eigenvalue weighted by Crippen LogP contribution is -2.46. The smallest absolute Gasteiger partial charge is 0.317 e. The van der Waals surface area contributed by atoms with Gasteiger partial charge in [0.25, 0.3) is 5.91 Å². The highest BCUT2D eigenvalue weighted by Crippen LogP contribution is 2.16. The number of rotatable bonds is 6. The van der Waals surface area contributed by atoms with Crippen LogP contribution < -0.4 is 5.32 Å². The summed E-state index contributed by atoms with van der Waals surface area (Å²) in [5, 5.41) is 11.9. The number of carboxylic acids is 1. The van der Waals surface area contributed by atoms with E-state index < -0.39 is 11.9 Å². The Kier molecular flexibility index (Phi) is 7.00. The van der Waals surface area contributed by atoms with Crippen LogP contribution in [0.3, 0.4) is 0 Å². The van der Waals surface area contributed by atoms with Gasteiger partial charge in [-0.25, -0.2) is 4.79 Å². The summed E-state index contributed by atoms with van der Waals surface area (Å²) in [6.07, 6.45) is 1.31. The van der Waals surface area contributed by atoms with Crippen molar-refractivity contribution in [2.24, 2.45) is 5.92 Å². The minimum absolute atomic E-state index is 0.00128. The summed E-state index contributed by atoms with van der Waals surface area (Å²) in [4.78, 5) is 38.9. The Labute approximate surface area is 154 Å². The number of aliphatic carboxylic acids is 1. The first-order valence-corrected chi connectivity index (χ1v) is 9.10. The topological polar surface area (TPSA) is 90.0 Å². The highest BCUT2D eigenvalue weighted by molar-refractivity contribution is 5.94. The molecule has 0 aliphatic carbocycles. The van der Waals surface area contributed by atoms with Gasteiger partial charge in [0.2, 0.25) is 0 Å². The predicted octanol–water partition coefficient (Wildman–Crippen LogP) is 2.17. The third-order valence-electron chi connectivity index (χ3n) is 4.75. The number of amides is 3. The molecular formula is C19H27N3O4. The molecule has 3 amide bonds. The van der Waals surface area contributed by atoms with E-state index in [1.807, 2.05) is 26.0 Å². The molecule has 0 unspecified atom stereocenters. The summed E-state index contributed by atoms with van der Waals surface area (Å²) >= 11 is 0. The van der Waals surface area contributed by atoms with Crippen molar-refractivity contribution in [1.29, 1.82) is 0 Å². The molecular weight excluding hydrogens is 334 g/mol. The second-order valence-corrected chi connectivity index (χ2v) is 6.46. The summed E-state index contributed by atoms with van der Waals surface area (Å²) in [7, 11) is 0. The lowest BCUT2D eigenvalue weighted by molar-refractivity contribution is -0.143. The van der Waals surface area contributed by atoms with Crippen molar-refractivity contribution in [3.8, 4) is 0 Å². The van der Waals surface area contributed by atoms with Crippen LogP contribution in [0.15, 0.2) is 24.3 Å². The summed E-state index contributed by atoms with van der Waals surface area (Å²) in [6.45, 7) is 6.39. The Morgan fingerprint density at radius 2 is 1.85 bits per heavy atom. The van der Waals surface area contributed by atoms with E-state index in [0.717, 1.165) is 5.56 Å². The Bertz CT molecular complexity index is 641. The zero-order chi connectivity index (χ0) is 19.1. The number of carbonyl (C=O) groups excluding carboxylic acids is 2. The number of nitrogens with zero attached hydrogens (tertiary/aromatic N) is 2. The normalized spacial score (nSPS) is 16.8. The number of benzene rings is 1. The van der Waals surface area contributed by atoms with Gasteiger partial charge in [0.15, 0.2) is 0 Å². The number of hydrogen-bond acceptors (Lipinski definition) is 3. The van der Waals surface area contributed by atoms with Crippen LogP contribution in [0.2, 0.25) is 0 Å². The second kappa shape index (κ2) is 9.22. The van der Waals surface area contributed by atoms with Gasteiger partial charge in [-0.2, -0.15) is 0 Å². The van der Waals surface area contributed by atoms with E-state index in [9.17, 15) is 14.4 Å². The summed E-state index contributed by atoms with van der Waals surface area (Å²) in [5.41, 5.74) is 1.52. The van der Waals surface area contributed by atoms with Crippen LogP contribution >= 0.6 is 0 Å². The van der Waals surface area contributed by atoms with Crippen molar-refractivity contribution in [1.82, 2.24) is 15.1 Å². The number of nitrogens with one attached hydrogen (secondary N) is 1. The van der Waals surface area contributed by atoms with E-state index in [1.54, 1.807) is 21.9 Å². The average molecular weight is 361 g/mol. The molecule has 1 heterocycles. The van der Waals surface area contributed by atoms with Crippen molar-refractivity contribution < 1.29 is 19.5 Å². The Morgan fingerprint density at radius 3 is 2.42 bits per heavy atom. The third-order valence-corrected chi connectivity index (χ3v) is 4.75. The molecule has 0 spiro atoms. The number of piperidine rings is 1. The molecule has 1 aliphatic rings. The molecule has 7 heteroatoms. The van der Waals surface area contributed by atoms with E-state index in [-0.39, 0.29) is 18.5 Å². The summed E-state index contributed by atoms with van der Waals surface area (Å²) in [5.74, 6) is -1.34. The quantitative estimate of drug-likeness (QED) is 0.813. The van der Waals surface area contributed by atoms with Gasteiger partial charge in [-0.15, -0.1) is 0 Å². The van der Waals surface area contributed by atoms with Gasteiger partial charge in [0, 0.05) is 38.3 Å². The first-order valence-electron chi connectivity index (χ1n) is 9.10. The molecule has 1 aromatic rings. The fourth-order valence-electron chi connectivity index (χ4n) is 3.11. The highest BCUT2D eigenvalue weighted by atomic mass is 16.4. The molecule has 7 nitrogen and oxygen atoms in total. The zero-order valence-corrected chi connectivity index (χ0v) is 15.4. The molecule has 1 atom stereocenters. The minimum atomic E-state index is -0.851. The van der Waals surface area contributed by atoms with E-state index in [1.165, 1.54) is 0 Å². The van der Waals surface area contributed by atoms with Crippen LogP contribution in [-0.4, -0.2) is 59.0 Å². The van der Waals surface area contributed by atoms with Crippen LogP contribution in [0.25, 0.3) is 0 Å². The fourth-order valence-corrected chi connectivity index (χ4v) is 3.11. The third kappa shape index (κ3) is 4.97. The Morgan fingerprint density at radius 1 is 1.19 bits per heavy atom. The van der Waals surface area contributed by atoms with Crippen LogP contribution in [-0.2, 0) is 11.3 Å². The molecule has 1 fully saturated rings. The highest BCUT2D eigenvalue weighted by Gasteiger charge is 2.27. The van der Waals surface area contributed by atoms with E-state index in [2.05, 4.69) is 5.32 Å². The molecule has 0 bridgehead atoms. The van der Waals surface area contributed by atoms with Crippen molar-refractivity contribution >= 4 is 17.9 Å². The standard InChI is InChI=1S/C19H27N3O4/c1-3-21(4-2)17(23)15-9-7-14(8-10-15)12-20-19(26)22-11-5-6-16(13-22)18(24)25/h7-10,16H,3-6,11-13H2,1-2H3,(H,20,26)(H,24,25)/t16-/m0/s1. The van der Waals surface area contributed by atoms with E-state index in [4.69, 9.17) is 5.11 Å². The maximum absolute atomic E-state index is 12.3. The van der Waals surface area contributed by atoms with Crippen LogP contribution in [0.5, 0.6) is 0 Å². The molecule has 0 radical (unpaired) electrons. The van der Waals surface area contributed by atoms with Gasteiger partial charge in [0.05, 0.1) is 5.92 Å². The van der Waals surface area contributed by atoms with Crippen molar-refractivity contribution in [2.75, 3.05) is 26.2 Å². The second-order valence-electron chi connectivity index (χ2n) is 6.46. The Hall–Kier alpha value is -2.57. The zero-order valence-electron chi connectivity index (χ0n) is 15.4. The number of hydrogen-bond donors (Lipinski definition) is 2. The van der Waals surface area contributed by atoms with Gasteiger partial charge in [-0.05, 0) is 44.4 Å². The van der Waals surface area contributed by atoms with Crippen LogP contribution in [0.1, 0.15) is 42.6 Å². The molecule has 1 aliphatic heterocycles.